The number of amides is 1. The van der Waals surface area contributed by atoms with Gasteiger partial charge in [0.15, 0.2) is 11.0 Å². The topological polar surface area (TPSA) is 77.6 Å². The van der Waals surface area contributed by atoms with Crippen LogP contribution in [-0.4, -0.2) is 36.2 Å². The van der Waals surface area contributed by atoms with E-state index < -0.39 is 0 Å². The number of carbonyl (C=O) groups excluding carboxylic acids is 1. The second-order valence-corrected chi connectivity index (χ2v) is 9.01. The van der Waals surface area contributed by atoms with Crippen molar-refractivity contribution in [2.24, 2.45) is 7.05 Å². The normalized spacial score (nSPS) is 11.1. The van der Waals surface area contributed by atoms with Crippen molar-refractivity contribution in [2.45, 2.75) is 39.4 Å². The third-order valence-corrected chi connectivity index (χ3v) is 6.61. The second kappa shape index (κ2) is 9.62. The number of aromatic nitrogens is 5. The maximum absolute atomic E-state index is 12.6. The Hall–Kier alpha value is -3.39. The molecule has 2 aromatic heterocycles. The first kappa shape index (κ1) is 22.8. The largest absolute Gasteiger partial charge is 0.325 e. The second-order valence-electron chi connectivity index (χ2n) is 8.07. The summed E-state index contributed by atoms with van der Waals surface area (Å²) in [6.45, 7) is 8.85. The van der Waals surface area contributed by atoms with Crippen LogP contribution >= 0.6 is 11.8 Å². The number of anilines is 1. The van der Waals surface area contributed by atoms with Gasteiger partial charge in [0, 0.05) is 31.0 Å². The van der Waals surface area contributed by atoms with Crippen molar-refractivity contribution in [2.75, 3.05) is 11.1 Å². The fourth-order valence-corrected chi connectivity index (χ4v) is 4.46. The molecule has 0 radical (unpaired) electrons. The number of carbonyl (C=O) groups is 1. The van der Waals surface area contributed by atoms with Gasteiger partial charge in [-0.25, -0.2) is 0 Å². The summed E-state index contributed by atoms with van der Waals surface area (Å²) in [7, 11) is 1.90. The highest BCUT2D eigenvalue weighted by molar-refractivity contribution is 7.99. The lowest BCUT2D eigenvalue weighted by Crippen LogP contribution is -2.15. The maximum Gasteiger partial charge on any atom is 0.234 e. The van der Waals surface area contributed by atoms with Crippen LogP contribution in [0.3, 0.4) is 0 Å². The van der Waals surface area contributed by atoms with Gasteiger partial charge in [-0.05, 0) is 44.9 Å². The third kappa shape index (κ3) is 4.85. The van der Waals surface area contributed by atoms with E-state index in [1.54, 1.807) is 4.68 Å². The summed E-state index contributed by atoms with van der Waals surface area (Å²) in [5.41, 5.74) is 7.09. The molecule has 4 aromatic rings. The van der Waals surface area contributed by atoms with Gasteiger partial charge in [-0.1, -0.05) is 53.7 Å². The average Bonchev–Trinajstić information content (AvgIpc) is 3.38. The van der Waals surface area contributed by atoms with E-state index in [-0.39, 0.29) is 11.7 Å². The fraction of sp³-hybridized carbons (Fsp3) is 0.280. The Labute approximate surface area is 198 Å². The first-order chi connectivity index (χ1) is 15.9. The molecule has 4 rings (SSSR count). The molecule has 0 unspecified atom stereocenters. The smallest absolute Gasteiger partial charge is 0.234 e. The van der Waals surface area contributed by atoms with Crippen molar-refractivity contribution in [3.8, 4) is 22.6 Å². The molecule has 0 aliphatic carbocycles. The number of nitrogens with one attached hydrogen (secondary N) is 1. The van der Waals surface area contributed by atoms with Gasteiger partial charge in [0.05, 0.1) is 11.3 Å². The summed E-state index contributed by atoms with van der Waals surface area (Å²) in [6, 6.07) is 14.2. The van der Waals surface area contributed by atoms with Crippen LogP contribution in [0.15, 0.2) is 53.8 Å². The summed E-state index contributed by atoms with van der Waals surface area (Å²) in [4.78, 5) is 12.6. The van der Waals surface area contributed by atoms with Crippen LogP contribution in [0.1, 0.15) is 23.6 Å². The Balaban J connectivity index is 1.55. The minimum absolute atomic E-state index is 0.0670. The van der Waals surface area contributed by atoms with Crippen LogP contribution < -0.4 is 5.32 Å². The lowest BCUT2D eigenvalue weighted by atomic mass is 10.1. The van der Waals surface area contributed by atoms with Crippen molar-refractivity contribution < 1.29 is 4.79 Å². The molecule has 33 heavy (non-hydrogen) atoms. The predicted molar refractivity (Wildman–Crippen MR) is 133 cm³/mol. The van der Waals surface area contributed by atoms with E-state index in [9.17, 15) is 4.79 Å². The lowest BCUT2D eigenvalue weighted by Gasteiger charge is -2.10. The van der Waals surface area contributed by atoms with Gasteiger partial charge in [-0.2, -0.15) is 5.10 Å². The van der Waals surface area contributed by atoms with Crippen LogP contribution in [0.4, 0.5) is 5.69 Å². The Kier molecular flexibility index (Phi) is 6.65. The van der Waals surface area contributed by atoms with E-state index >= 15 is 0 Å². The molecule has 0 fully saturated rings. The molecule has 0 aliphatic heterocycles. The summed E-state index contributed by atoms with van der Waals surface area (Å²) in [6.07, 6.45) is 1.97. The van der Waals surface area contributed by atoms with Crippen molar-refractivity contribution in [1.29, 1.82) is 0 Å². The van der Waals surface area contributed by atoms with Gasteiger partial charge in [0.1, 0.15) is 5.69 Å². The zero-order valence-corrected chi connectivity index (χ0v) is 20.4. The minimum atomic E-state index is -0.0670. The number of hydrogen-bond donors (Lipinski definition) is 1. The molecular formula is C25H28N6OS. The highest BCUT2D eigenvalue weighted by Gasteiger charge is 2.20. The molecule has 170 valence electrons. The summed E-state index contributed by atoms with van der Waals surface area (Å²) in [5.74, 6) is 0.935. The Bertz CT molecular complexity index is 1290. The molecule has 1 N–H and O–H groups in total. The Morgan fingerprint density at radius 1 is 1.06 bits per heavy atom. The molecule has 2 heterocycles. The number of hydrogen-bond acceptors (Lipinski definition) is 5. The van der Waals surface area contributed by atoms with Gasteiger partial charge < -0.3 is 9.88 Å². The van der Waals surface area contributed by atoms with E-state index in [4.69, 9.17) is 0 Å². The van der Waals surface area contributed by atoms with Crippen LogP contribution in [0, 0.1) is 20.8 Å². The zero-order chi connectivity index (χ0) is 23.5. The first-order valence-electron chi connectivity index (χ1n) is 10.9. The monoisotopic (exact) mass is 460 g/mol. The van der Waals surface area contributed by atoms with Gasteiger partial charge in [0.2, 0.25) is 5.91 Å². The zero-order valence-electron chi connectivity index (χ0n) is 19.6. The maximum atomic E-state index is 12.6. The van der Waals surface area contributed by atoms with Crippen molar-refractivity contribution in [3.63, 3.8) is 0 Å². The number of aryl methyl sites for hydroxylation is 3. The molecule has 0 atom stereocenters. The number of rotatable bonds is 7. The van der Waals surface area contributed by atoms with Crippen molar-refractivity contribution in [3.05, 3.63) is 65.4 Å². The summed E-state index contributed by atoms with van der Waals surface area (Å²) < 4.78 is 3.83. The van der Waals surface area contributed by atoms with Crippen LogP contribution in [0.25, 0.3) is 22.6 Å². The quantitative estimate of drug-likeness (QED) is 0.392. The van der Waals surface area contributed by atoms with Gasteiger partial charge in [0.25, 0.3) is 0 Å². The van der Waals surface area contributed by atoms with Gasteiger partial charge >= 0.3 is 0 Å². The molecule has 7 nitrogen and oxygen atoms in total. The third-order valence-electron chi connectivity index (χ3n) is 5.64. The van der Waals surface area contributed by atoms with E-state index in [2.05, 4.69) is 58.7 Å². The van der Waals surface area contributed by atoms with Gasteiger partial charge in [-0.15, -0.1) is 10.2 Å². The van der Waals surface area contributed by atoms with E-state index in [1.807, 2.05) is 49.9 Å². The van der Waals surface area contributed by atoms with Crippen molar-refractivity contribution >= 4 is 23.4 Å². The molecule has 0 spiro atoms. The molecule has 0 saturated carbocycles. The summed E-state index contributed by atoms with van der Waals surface area (Å²) in [5, 5.41) is 17.2. The van der Waals surface area contributed by atoms with E-state index in [1.165, 1.54) is 17.3 Å². The Morgan fingerprint density at radius 3 is 2.55 bits per heavy atom. The fourth-order valence-electron chi connectivity index (χ4n) is 3.66. The number of thioether (sulfide) groups is 1. The minimum Gasteiger partial charge on any atom is -0.325 e. The van der Waals surface area contributed by atoms with Crippen LogP contribution in [-0.2, 0) is 18.4 Å². The molecule has 0 aliphatic rings. The highest BCUT2D eigenvalue weighted by atomic mass is 32.2. The number of nitrogens with zero attached hydrogens (tertiary/aromatic N) is 5. The van der Waals surface area contributed by atoms with E-state index in [0.29, 0.717) is 11.7 Å². The van der Waals surface area contributed by atoms with Crippen LogP contribution in [0.2, 0.25) is 0 Å². The predicted octanol–water partition coefficient (Wildman–Crippen LogP) is 5.02. The molecule has 2 aromatic carbocycles. The standard InChI is InChI=1S/C25H28N6OS/c1-6-31-24(20-14-30(5)29-23(20)19-12-10-16(2)11-13-19)27-28-25(31)33-15-22(32)26-21-9-7-8-17(3)18(21)4/h7-14H,6,15H2,1-5H3,(H,26,32). The van der Waals surface area contributed by atoms with Crippen LogP contribution in [0.5, 0.6) is 0 Å². The molecule has 8 heteroatoms. The first-order valence-corrected chi connectivity index (χ1v) is 11.9. The highest BCUT2D eigenvalue weighted by Crippen LogP contribution is 2.32. The summed E-state index contributed by atoms with van der Waals surface area (Å²) >= 11 is 1.39. The SMILES string of the molecule is CCn1c(SCC(=O)Nc2cccc(C)c2C)nnc1-c1cn(C)nc1-c1ccc(C)cc1. The molecular weight excluding hydrogens is 432 g/mol. The average molecular weight is 461 g/mol. The van der Waals surface area contributed by atoms with E-state index in [0.717, 1.165) is 39.5 Å². The van der Waals surface area contributed by atoms with Crippen molar-refractivity contribution in [1.82, 2.24) is 24.5 Å². The lowest BCUT2D eigenvalue weighted by molar-refractivity contribution is -0.113. The molecule has 1 amide bonds. The number of benzene rings is 2. The van der Waals surface area contributed by atoms with Gasteiger partial charge in [-0.3, -0.25) is 9.48 Å². The Morgan fingerprint density at radius 2 is 1.82 bits per heavy atom. The molecule has 0 saturated heterocycles. The molecule has 0 bridgehead atoms.